The van der Waals surface area contributed by atoms with Crippen molar-refractivity contribution in [3.63, 3.8) is 0 Å². The van der Waals surface area contributed by atoms with E-state index in [1.807, 2.05) is 0 Å². The van der Waals surface area contributed by atoms with Crippen molar-refractivity contribution in [1.82, 2.24) is 0 Å². The van der Waals surface area contributed by atoms with Crippen LogP contribution >= 0.6 is 0 Å². The van der Waals surface area contributed by atoms with Gasteiger partial charge in [0.2, 0.25) is 0 Å². The summed E-state index contributed by atoms with van der Waals surface area (Å²) in [5, 5.41) is 19.7. The molecule has 6 atom stereocenters. The number of aliphatic hydroxyl groups excluding tert-OH is 2. The fraction of sp³-hybridized carbons (Fsp3) is 0.615. The highest BCUT2D eigenvalue weighted by atomic mass is 16.6. The van der Waals surface area contributed by atoms with Gasteiger partial charge in [-0.05, 0) is 6.42 Å². The molecule has 0 bridgehead atoms. The van der Waals surface area contributed by atoms with Crippen LogP contribution in [-0.4, -0.2) is 46.1 Å². The number of carbonyl (C=O) groups excluding carboxylic acids is 3. The van der Waals surface area contributed by atoms with Gasteiger partial charge in [-0.2, -0.15) is 0 Å². The lowest BCUT2D eigenvalue weighted by Gasteiger charge is -2.23. The predicted octanol–water partition coefficient (Wildman–Crippen LogP) is -1.02. The van der Waals surface area contributed by atoms with Gasteiger partial charge >= 0.3 is 5.97 Å². The Kier molecular flexibility index (Phi) is 2.62. The summed E-state index contributed by atoms with van der Waals surface area (Å²) in [5.74, 6) is -3.65. The number of fused-ring (bicyclic) bond motifs is 3. The molecule has 0 spiro atoms. The molecule has 0 unspecified atom stereocenters. The molecule has 2 N–H and O–H groups in total. The second-order valence-electron chi connectivity index (χ2n) is 5.44. The quantitative estimate of drug-likeness (QED) is 0.430. The Balaban J connectivity index is 2.05. The summed E-state index contributed by atoms with van der Waals surface area (Å²) >= 11 is 0. The third-order valence-corrected chi connectivity index (χ3v) is 4.42. The van der Waals surface area contributed by atoms with Crippen molar-refractivity contribution in [1.29, 1.82) is 0 Å². The van der Waals surface area contributed by atoms with Crippen molar-refractivity contribution in [3.05, 3.63) is 12.2 Å². The molecule has 3 aliphatic rings. The van der Waals surface area contributed by atoms with Crippen LogP contribution in [-0.2, 0) is 19.1 Å². The molecule has 0 aromatic rings. The highest BCUT2D eigenvalue weighted by Gasteiger charge is 2.59. The molecule has 2 saturated carbocycles. The summed E-state index contributed by atoms with van der Waals surface area (Å²) < 4.78 is 5.13. The largest absolute Gasteiger partial charge is 0.457 e. The minimum absolute atomic E-state index is 0.0439. The van der Waals surface area contributed by atoms with Crippen molar-refractivity contribution in [2.24, 2.45) is 17.8 Å². The van der Waals surface area contributed by atoms with Gasteiger partial charge < -0.3 is 14.9 Å². The summed E-state index contributed by atoms with van der Waals surface area (Å²) in [7, 11) is 0. The maximum Gasteiger partial charge on any atom is 0.334 e. The van der Waals surface area contributed by atoms with Gasteiger partial charge in [-0.25, -0.2) is 4.79 Å². The molecule has 0 amide bonds. The van der Waals surface area contributed by atoms with E-state index in [2.05, 4.69) is 6.58 Å². The zero-order valence-corrected chi connectivity index (χ0v) is 10.1. The molecule has 2 aliphatic carbocycles. The summed E-state index contributed by atoms with van der Waals surface area (Å²) in [6.07, 6.45) is -3.23. The van der Waals surface area contributed by atoms with Crippen LogP contribution in [0.5, 0.6) is 0 Å². The number of rotatable bonds is 0. The van der Waals surface area contributed by atoms with Crippen molar-refractivity contribution in [3.8, 4) is 0 Å². The minimum Gasteiger partial charge on any atom is -0.457 e. The zero-order valence-electron chi connectivity index (χ0n) is 10.1. The molecule has 6 heteroatoms. The second-order valence-corrected chi connectivity index (χ2v) is 5.44. The van der Waals surface area contributed by atoms with Crippen LogP contribution in [0.2, 0.25) is 0 Å². The first kappa shape index (κ1) is 12.5. The summed E-state index contributed by atoms with van der Waals surface area (Å²) in [6.45, 7) is 3.58. The molecule has 0 aromatic carbocycles. The second kappa shape index (κ2) is 3.98. The van der Waals surface area contributed by atoms with E-state index in [4.69, 9.17) is 4.74 Å². The molecule has 1 heterocycles. The van der Waals surface area contributed by atoms with E-state index < -0.39 is 47.8 Å². The molecule has 19 heavy (non-hydrogen) atoms. The summed E-state index contributed by atoms with van der Waals surface area (Å²) in [4.78, 5) is 35.6. The maximum absolute atomic E-state index is 12.0. The summed E-state index contributed by atoms with van der Waals surface area (Å²) in [5.41, 5.74) is 0.0974. The molecule has 1 aliphatic heterocycles. The lowest BCUT2D eigenvalue weighted by Crippen LogP contribution is -2.37. The van der Waals surface area contributed by atoms with Gasteiger partial charge in [0.05, 0.1) is 17.9 Å². The van der Waals surface area contributed by atoms with Gasteiger partial charge in [0.15, 0.2) is 5.78 Å². The minimum atomic E-state index is -1.19. The molecule has 102 valence electrons. The van der Waals surface area contributed by atoms with E-state index >= 15 is 0 Å². The Bertz CT molecular complexity index is 495. The van der Waals surface area contributed by atoms with Gasteiger partial charge in [0, 0.05) is 17.9 Å². The predicted molar refractivity (Wildman–Crippen MR) is 60.8 cm³/mol. The number of hydrogen-bond donors (Lipinski definition) is 2. The van der Waals surface area contributed by atoms with Crippen LogP contribution in [0, 0.1) is 17.8 Å². The first-order valence-corrected chi connectivity index (χ1v) is 6.24. The molecule has 6 nitrogen and oxygen atoms in total. The first-order chi connectivity index (χ1) is 8.91. The number of carbonyl (C=O) groups is 3. The van der Waals surface area contributed by atoms with Gasteiger partial charge in [-0.3, -0.25) is 9.59 Å². The van der Waals surface area contributed by atoms with Gasteiger partial charge in [-0.1, -0.05) is 6.58 Å². The van der Waals surface area contributed by atoms with E-state index in [0.29, 0.717) is 0 Å². The Morgan fingerprint density at radius 3 is 2.53 bits per heavy atom. The number of ketones is 2. The van der Waals surface area contributed by atoms with E-state index in [0.717, 1.165) is 0 Å². The number of esters is 1. The SMILES string of the molecule is C=C1C(=O)O[C@@H]2[C@H]3C(=O)[C@@H](O)C[C@H]3C(=O)C[C@H](O)[C@@H]12. The molecular formula is C13H14O6. The highest BCUT2D eigenvalue weighted by Crippen LogP contribution is 2.46. The average molecular weight is 266 g/mol. The molecule has 0 aromatic heterocycles. The first-order valence-electron chi connectivity index (χ1n) is 6.24. The lowest BCUT2D eigenvalue weighted by molar-refractivity contribution is -0.146. The van der Waals surface area contributed by atoms with Crippen LogP contribution < -0.4 is 0 Å². The zero-order chi connectivity index (χ0) is 13.9. The van der Waals surface area contributed by atoms with Gasteiger partial charge in [0.1, 0.15) is 18.0 Å². The topological polar surface area (TPSA) is 101 Å². The smallest absolute Gasteiger partial charge is 0.334 e. The fourth-order valence-corrected chi connectivity index (χ4v) is 3.49. The summed E-state index contributed by atoms with van der Waals surface area (Å²) in [6, 6.07) is 0. The van der Waals surface area contributed by atoms with Gasteiger partial charge in [-0.15, -0.1) is 0 Å². The van der Waals surface area contributed by atoms with Crippen LogP contribution in [0.4, 0.5) is 0 Å². The average Bonchev–Trinajstić information content (AvgIpc) is 2.75. The van der Waals surface area contributed by atoms with Crippen molar-refractivity contribution in [2.45, 2.75) is 31.2 Å². The van der Waals surface area contributed by atoms with E-state index in [9.17, 15) is 24.6 Å². The lowest BCUT2D eigenvalue weighted by atomic mass is 9.83. The highest BCUT2D eigenvalue weighted by molar-refractivity contribution is 5.99. The van der Waals surface area contributed by atoms with Crippen LogP contribution in [0.1, 0.15) is 12.8 Å². The monoisotopic (exact) mass is 266 g/mol. The van der Waals surface area contributed by atoms with E-state index in [-0.39, 0.29) is 24.2 Å². The van der Waals surface area contributed by atoms with Crippen molar-refractivity contribution >= 4 is 17.5 Å². The molecule has 1 saturated heterocycles. The van der Waals surface area contributed by atoms with Crippen LogP contribution in [0.3, 0.4) is 0 Å². The molecule has 3 rings (SSSR count). The Hall–Kier alpha value is -1.53. The number of hydrogen-bond acceptors (Lipinski definition) is 6. The van der Waals surface area contributed by atoms with Crippen molar-refractivity contribution < 1.29 is 29.3 Å². The Morgan fingerprint density at radius 1 is 1.16 bits per heavy atom. The Morgan fingerprint density at radius 2 is 1.84 bits per heavy atom. The van der Waals surface area contributed by atoms with E-state index in [1.54, 1.807) is 0 Å². The number of Topliss-reactive ketones (excluding diaryl/α,β-unsaturated/α-hetero) is 2. The fourth-order valence-electron chi connectivity index (χ4n) is 3.49. The third kappa shape index (κ3) is 1.60. The normalized spacial score (nSPS) is 45.8. The standard InChI is InChI=1S/C13H14O6/c1-4-9-7(15)3-6(14)5-2-8(16)11(17)10(5)12(9)19-13(4)18/h5,7-10,12,15-16H,1-3H2/t5-,7-,8-,9+,10+,12-/m0/s1. The number of aliphatic hydroxyl groups is 2. The van der Waals surface area contributed by atoms with Gasteiger partial charge in [0.25, 0.3) is 0 Å². The Labute approximate surface area is 109 Å². The van der Waals surface area contributed by atoms with Crippen LogP contribution in [0.25, 0.3) is 0 Å². The van der Waals surface area contributed by atoms with E-state index in [1.165, 1.54) is 0 Å². The van der Waals surface area contributed by atoms with Crippen LogP contribution in [0.15, 0.2) is 12.2 Å². The molecule has 0 radical (unpaired) electrons. The molecule has 3 fully saturated rings. The number of ether oxygens (including phenoxy) is 1. The third-order valence-electron chi connectivity index (χ3n) is 4.42. The molecular weight excluding hydrogens is 252 g/mol. The maximum atomic E-state index is 12.0. The van der Waals surface area contributed by atoms with Crippen molar-refractivity contribution in [2.75, 3.05) is 0 Å².